The molecule has 30 heavy (non-hydrogen) atoms. The van der Waals surface area contributed by atoms with Crippen LogP contribution in [0, 0.1) is 0 Å². The average Bonchev–Trinajstić information content (AvgIpc) is 3.01. The predicted octanol–water partition coefficient (Wildman–Crippen LogP) is 2.11. The first-order valence-electron chi connectivity index (χ1n) is 9.84. The molecular formula is C21H23ClN4O3S. The highest BCUT2D eigenvalue weighted by atomic mass is 35.5. The summed E-state index contributed by atoms with van der Waals surface area (Å²) in [6.07, 6.45) is 0.255. The minimum Gasteiger partial charge on any atom is -0.340 e. The molecule has 0 saturated carbocycles. The Bertz CT molecular complexity index is 1060. The van der Waals surface area contributed by atoms with Gasteiger partial charge in [-0.05, 0) is 29.8 Å². The van der Waals surface area contributed by atoms with Crippen molar-refractivity contribution in [3.63, 3.8) is 0 Å². The number of hydrogen-bond acceptors (Lipinski definition) is 5. The molecule has 2 aliphatic heterocycles. The number of rotatable bonds is 5. The molecule has 1 fully saturated rings. The lowest BCUT2D eigenvalue weighted by Gasteiger charge is -2.34. The lowest BCUT2D eigenvalue weighted by Crippen LogP contribution is -2.48. The van der Waals surface area contributed by atoms with E-state index in [0.29, 0.717) is 24.5 Å². The SMILES string of the molecule is O=C(CCN=C1NS(=O)(=O)c2ccccc21)N1CCN(Cc2ccc(Cl)cc2)CC1. The first-order chi connectivity index (χ1) is 14.4. The van der Waals surface area contributed by atoms with Crippen molar-refractivity contribution in [2.75, 3.05) is 32.7 Å². The van der Waals surface area contributed by atoms with Gasteiger partial charge in [0.25, 0.3) is 10.0 Å². The molecule has 158 valence electrons. The summed E-state index contributed by atoms with van der Waals surface area (Å²) in [5, 5.41) is 0.728. The maximum absolute atomic E-state index is 12.5. The third-order valence-electron chi connectivity index (χ3n) is 5.30. The van der Waals surface area contributed by atoms with Crippen molar-refractivity contribution in [1.29, 1.82) is 0 Å². The lowest BCUT2D eigenvalue weighted by molar-refractivity contribution is -0.132. The Morgan fingerprint density at radius 2 is 1.73 bits per heavy atom. The van der Waals surface area contributed by atoms with Gasteiger partial charge in [0, 0.05) is 49.7 Å². The van der Waals surface area contributed by atoms with Crippen LogP contribution in [-0.2, 0) is 21.4 Å². The van der Waals surface area contributed by atoms with Crippen molar-refractivity contribution in [2.45, 2.75) is 17.9 Å². The minimum absolute atomic E-state index is 0.0413. The Labute approximate surface area is 181 Å². The summed E-state index contributed by atoms with van der Waals surface area (Å²) >= 11 is 5.93. The standard InChI is InChI=1S/C21H23ClN4O3S/c22-17-7-5-16(6-8-17)15-25-11-13-26(14-12-25)20(27)9-10-23-21-18-3-1-2-4-19(18)30(28,29)24-21/h1-8H,9-15H2,(H,23,24). The first kappa shape index (κ1) is 20.8. The van der Waals surface area contributed by atoms with Crippen LogP contribution in [0.2, 0.25) is 5.02 Å². The number of nitrogens with one attached hydrogen (secondary N) is 1. The van der Waals surface area contributed by atoms with Crippen molar-refractivity contribution < 1.29 is 13.2 Å². The van der Waals surface area contributed by atoms with Gasteiger partial charge in [0.1, 0.15) is 5.84 Å². The zero-order valence-corrected chi connectivity index (χ0v) is 18.0. The molecule has 2 aliphatic rings. The van der Waals surface area contributed by atoms with E-state index < -0.39 is 10.0 Å². The molecule has 2 heterocycles. The molecule has 1 saturated heterocycles. The molecule has 0 aliphatic carbocycles. The van der Waals surface area contributed by atoms with Gasteiger partial charge in [0.05, 0.1) is 11.4 Å². The number of amides is 1. The van der Waals surface area contributed by atoms with Crippen LogP contribution in [0.3, 0.4) is 0 Å². The summed E-state index contributed by atoms with van der Waals surface area (Å²) in [5.74, 6) is 0.353. The van der Waals surface area contributed by atoms with Gasteiger partial charge in [0.2, 0.25) is 5.91 Å². The Morgan fingerprint density at radius 3 is 2.47 bits per heavy atom. The topological polar surface area (TPSA) is 82.1 Å². The van der Waals surface area contributed by atoms with Crippen molar-refractivity contribution >= 4 is 33.4 Å². The quantitative estimate of drug-likeness (QED) is 0.762. The molecule has 2 aromatic carbocycles. The van der Waals surface area contributed by atoms with Crippen LogP contribution < -0.4 is 4.72 Å². The summed E-state index contributed by atoms with van der Waals surface area (Å²) in [6, 6.07) is 14.5. The van der Waals surface area contributed by atoms with Gasteiger partial charge in [-0.25, -0.2) is 8.42 Å². The number of hydrogen-bond donors (Lipinski definition) is 1. The van der Waals surface area contributed by atoms with Gasteiger partial charge >= 0.3 is 0 Å². The zero-order valence-electron chi connectivity index (χ0n) is 16.4. The molecule has 0 unspecified atom stereocenters. The normalized spacial score (nSPS) is 19.5. The highest BCUT2D eigenvalue weighted by Crippen LogP contribution is 2.22. The van der Waals surface area contributed by atoms with Crippen LogP contribution >= 0.6 is 11.6 Å². The van der Waals surface area contributed by atoms with Crippen LogP contribution in [0.5, 0.6) is 0 Å². The summed E-state index contributed by atoms with van der Waals surface area (Å²) in [6.45, 7) is 4.07. The van der Waals surface area contributed by atoms with Gasteiger partial charge in [0.15, 0.2) is 0 Å². The second-order valence-corrected chi connectivity index (χ2v) is 9.45. The minimum atomic E-state index is -3.55. The maximum Gasteiger partial charge on any atom is 0.263 e. The van der Waals surface area contributed by atoms with Gasteiger partial charge in [-0.3, -0.25) is 19.4 Å². The number of benzene rings is 2. The van der Waals surface area contributed by atoms with Crippen molar-refractivity contribution in [2.24, 2.45) is 4.99 Å². The third kappa shape index (κ3) is 4.66. The maximum atomic E-state index is 12.5. The van der Waals surface area contributed by atoms with Crippen LogP contribution in [0.15, 0.2) is 58.4 Å². The number of sulfonamides is 1. The molecule has 1 amide bonds. The Balaban J connectivity index is 1.27. The Hall–Kier alpha value is -2.42. The van der Waals surface area contributed by atoms with Crippen LogP contribution in [0.4, 0.5) is 0 Å². The highest BCUT2D eigenvalue weighted by molar-refractivity contribution is 7.90. The Kier molecular flexibility index (Phi) is 6.08. The van der Waals surface area contributed by atoms with E-state index in [2.05, 4.69) is 14.6 Å². The van der Waals surface area contributed by atoms with Crippen LogP contribution in [-0.4, -0.2) is 62.7 Å². The summed E-state index contributed by atoms with van der Waals surface area (Å²) in [7, 11) is -3.55. The number of amidine groups is 1. The molecule has 0 radical (unpaired) electrons. The fraction of sp³-hybridized carbons (Fsp3) is 0.333. The van der Waals surface area contributed by atoms with E-state index in [1.54, 1.807) is 24.3 Å². The molecular weight excluding hydrogens is 424 g/mol. The fourth-order valence-corrected chi connectivity index (χ4v) is 5.05. The molecule has 2 aromatic rings. The van der Waals surface area contributed by atoms with Crippen molar-refractivity contribution in [1.82, 2.24) is 14.5 Å². The van der Waals surface area contributed by atoms with E-state index in [4.69, 9.17) is 11.6 Å². The number of fused-ring (bicyclic) bond motifs is 1. The van der Waals surface area contributed by atoms with Gasteiger partial charge in [-0.2, -0.15) is 0 Å². The lowest BCUT2D eigenvalue weighted by atomic mass is 10.2. The average molecular weight is 447 g/mol. The molecule has 0 spiro atoms. The second-order valence-electron chi connectivity index (χ2n) is 7.37. The largest absolute Gasteiger partial charge is 0.340 e. The molecule has 0 bridgehead atoms. The predicted molar refractivity (Wildman–Crippen MR) is 116 cm³/mol. The second kappa shape index (κ2) is 8.75. The van der Waals surface area contributed by atoms with E-state index in [0.717, 1.165) is 24.7 Å². The molecule has 1 N–H and O–H groups in total. The van der Waals surface area contributed by atoms with E-state index in [1.165, 1.54) is 5.56 Å². The number of aliphatic imine (C=N–C) groups is 1. The van der Waals surface area contributed by atoms with E-state index in [-0.39, 0.29) is 23.8 Å². The van der Waals surface area contributed by atoms with Crippen LogP contribution in [0.1, 0.15) is 17.5 Å². The summed E-state index contributed by atoms with van der Waals surface area (Å²) in [4.78, 5) is 21.3. The first-order valence-corrected chi connectivity index (χ1v) is 11.7. The number of carbonyl (C=O) groups is 1. The monoisotopic (exact) mass is 446 g/mol. The zero-order chi connectivity index (χ0) is 21.1. The molecule has 7 nitrogen and oxygen atoms in total. The summed E-state index contributed by atoms with van der Waals surface area (Å²) in [5.41, 5.74) is 1.76. The highest BCUT2D eigenvalue weighted by Gasteiger charge is 2.30. The smallest absolute Gasteiger partial charge is 0.263 e. The summed E-state index contributed by atoms with van der Waals surface area (Å²) < 4.78 is 26.7. The number of halogens is 1. The molecule has 4 rings (SSSR count). The molecule has 0 atom stereocenters. The number of nitrogens with zero attached hydrogens (tertiary/aromatic N) is 3. The van der Waals surface area contributed by atoms with E-state index in [9.17, 15) is 13.2 Å². The fourth-order valence-electron chi connectivity index (χ4n) is 3.68. The van der Waals surface area contributed by atoms with Gasteiger partial charge < -0.3 is 4.90 Å². The van der Waals surface area contributed by atoms with Gasteiger partial charge in [-0.1, -0.05) is 35.9 Å². The Morgan fingerprint density at radius 1 is 1.03 bits per heavy atom. The van der Waals surface area contributed by atoms with Gasteiger partial charge in [-0.15, -0.1) is 0 Å². The van der Waals surface area contributed by atoms with E-state index >= 15 is 0 Å². The van der Waals surface area contributed by atoms with E-state index in [1.807, 2.05) is 29.2 Å². The van der Waals surface area contributed by atoms with Crippen molar-refractivity contribution in [3.8, 4) is 0 Å². The number of carbonyl (C=O) groups excluding carboxylic acids is 1. The number of piperazine rings is 1. The molecule has 0 aromatic heterocycles. The van der Waals surface area contributed by atoms with Crippen molar-refractivity contribution in [3.05, 3.63) is 64.7 Å². The van der Waals surface area contributed by atoms with Crippen LogP contribution in [0.25, 0.3) is 0 Å². The molecule has 9 heteroatoms. The third-order valence-corrected chi connectivity index (χ3v) is 6.95.